The molecule has 17 heavy (non-hydrogen) atoms. The minimum absolute atomic E-state index is 0.0469. The van der Waals surface area contributed by atoms with Crippen molar-refractivity contribution < 1.29 is 13.5 Å². The standard InChI is InChI=1S/C12H8BrF2NO/c13-8-3-1-2-4-10(8)17-11-6-7(14)5-9(15)12(11)16/h1-6H,16H2. The maximum Gasteiger partial charge on any atom is 0.156 e. The molecule has 2 aromatic rings. The Balaban J connectivity index is 2.40. The van der Waals surface area contributed by atoms with Gasteiger partial charge >= 0.3 is 0 Å². The molecule has 5 heteroatoms. The number of nitrogens with two attached hydrogens (primary N) is 1. The van der Waals surface area contributed by atoms with Crippen molar-refractivity contribution in [1.82, 2.24) is 0 Å². The highest BCUT2D eigenvalue weighted by Crippen LogP contribution is 2.34. The van der Waals surface area contributed by atoms with Crippen LogP contribution in [0.25, 0.3) is 0 Å². The van der Waals surface area contributed by atoms with E-state index in [-0.39, 0.29) is 11.4 Å². The van der Waals surface area contributed by atoms with E-state index in [2.05, 4.69) is 15.9 Å². The lowest BCUT2D eigenvalue weighted by Crippen LogP contribution is -1.97. The van der Waals surface area contributed by atoms with Gasteiger partial charge in [-0.15, -0.1) is 0 Å². The van der Waals surface area contributed by atoms with E-state index < -0.39 is 11.6 Å². The zero-order chi connectivity index (χ0) is 12.4. The van der Waals surface area contributed by atoms with Gasteiger partial charge < -0.3 is 10.5 Å². The average molecular weight is 300 g/mol. The van der Waals surface area contributed by atoms with Crippen molar-refractivity contribution in [2.45, 2.75) is 0 Å². The summed E-state index contributed by atoms with van der Waals surface area (Å²) < 4.78 is 32.2. The number of rotatable bonds is 2. The highest BCUT2D eigenvalue weighted by atomic mass is 79.9. The molecule has 0 aliphatic rings. The summed E-state index contributed by atoms with van der Waals surface area (Å²) in [5.74, 6) is -1.19. The van der Waals surface area contributed by atoms with E-state index in [9.17, 15) is 8.78 Å². The van der Waals surface area contributed by atoms with Crippen molar-refractivity contribution in [2.75, 3.05) is 5.73 Å². The van der Waals surface area contributed by atoms with Crippen molar-refractivity contribution in [2.24, 2.45) is 0 Å². The van der Waals surface area contributed by atoms with Gasteiger partial charge in [0.15, 0.2) is 11.6 Å². The van der Waals surface area contributed by atoms with Crippen LogP contribution in [0.15, 0.2) is 40.9 Å². The van der Waals surface area contributed by atoms with Crippen LogP contribution < -0.4 is 10.5 Å². The van der Waals surface area contributed by atoms with E-state index in [1.807, 2.05) is 0 Å². The second kappa shape index (κ2) is 4.71. The first-order chi connectivity index (χ1) is 8.08. The highest BCUT2D eigenvalue weighted by molar-refractivity contribution is 9.10. The maximum absolute atomic E-state index is 13.2. The van der Waals surface area contributed by atoms with Gasteiger partial charge in [0.2, 0.25) is 0 Å². The van der Waals surface area contributed by atoms with Crippen LogP contribution in [0.3, 0.4) is 0 Å². The van der Waals surface area contributed by atoms with Gasteiger partial charge in [-0.05, 0) is 28.1 Å². The number of hydrogen-bond acceptors (Lipinski definition) is 2. The van der Waals surface area contributed by atoms with E-state index in [4.69, 9.17) is 10.5 Å². The van der Waals surface area contributed by atoms with Crippen LogP contribution in [0.5, 0.6) is 11.5 Å². The summed E-state index contributed by atoms with van der Waals surface area (Å²) in [6.07, 6.45) is 0. The van der Waals surface area contributed by atoms with Gasteiger partial charge in [0.05, 0.1) is 4.47 Å². The molecule has 0 saturated carbocycles. The number of nitrogen functional groups attached to an aromatic ring is 1. The molecule has 0 saturated heterocycles. The van der Waals surface area contributed by atoms with Crippen molar-refractivity contribution in [3.05, 3.63) is 52.5 Å². The van der Waals surface area contributed by atoms with E-state index in [0.717, 1.165) is 6.07 Å². The van der Waals surface area contributed by atoms with Crippen molar-refractivity contribution in [3.8, 4) is 11.5 Å². The lowest BCUT2D eigenvalue weighted by Gasteiger charge is -2.10. The molecule has 0 bridgehead atoms. The SMILES string of the molecule is Nc1c(F)cc(F)cc1Oc1ccccc1Br. The topological polar surface area (TPSA) is 35.2 Å². The van der Waals surface area contributed by atoms with Crippen LogP contribution in [0.2, 0.25) is 0 Å². The minimum atomic E-state index is -0.841. The van der Waals surface area contributed by atoms with Gasteiger partial charge in [-0.1, -0.05) is 12.1 Å². The molecule has 0 heterocycles. The van der Waals surface area contributed by atoms with Crippen LogP contribution >= 0.6 is 15.9 Å². The smallest absolute Gasteiger partial charge is 0.156 e. The highest BCUT2D eigenvalue weighted by Gasteiger charge is 2.11. The Morgan fingerprint density at radius 2 is 1.76 bits per heavy atom. The second-order valence-corrected chi connectivity index (χ2v) is 4.19. The van der Waals surface area contributed by atoms with Gasteiger partial charge in [0.1, 0.15) is 17.3 Å². The molecule has 0 radical (unpaired) electrons. The van der Waals surface area contributed by atoms with Crippen molar-refractivity contribution in [3.63, 3.8) is 0 Å². The molecule has 0 aliphatic heterocycles. The molecular formula is C12H8BrF2NO. The molecule has 0 amide bonds. The molecule has 0 fully saturated rings. The minimum Gasteiger partial charge on any atom is -0.454 e. The zero-order valence-electron chi connectivity index (χ0n) is 8.58. The van der Waals surface area contributed by atoms with Crippen molar-refractivity contribution in [1.29, 1.82) is 0 Å². The predicted octanol–water partition coefficient (Wildman–Crippen LogP) is 4.10. The normalized spacial score (nSPS) is 10.3. The first-order valence-corrected chi connectivity index (χ1v) is 5.54. The maximum atomic E-state index is 13.2. The quantitative estimate of drug-likeness (QED) is 0.847. The molecule has 2 nitrogen and oxygen atoms in total. The molecular weight excluding hydrogens is 292 g/mol. The molecule has 2 aromatic carbocycles. The number of ether oxygens (including phenoxy) is 1. The van der Waals surface area contributed by atoms with Gasteiger partial charge in [0, 0.05) is 12.1 Å². The summed E-state index contributed by atoms with van der Waals surface area (Å²) in [7, 11) is 0. The molecule has 2 rings (SSSR count). The van der Waals surface area contributed by atoms with E-state index >= 15 is 0 Å². The van der Waals surface area contributed by atoms with Gasteiger partial charge in [-0.25, -0.2) is 8.78 Å². The Morgan fingerprint density at radius 3 is 2.47 bits per heavy atom. The fourth-order valence-electron chi connectivity index (χ4n) is 1.29. The van der Waals surface area contributed by atoms with Crippen molar-refractivity contribution >= 4 is 21.6 Å². The first kappa shape index (κ1) is 11.9. The largest absolute Gasteiger partial charge is 0.454 e. The lowest BCUT2D eigenvalue weighted by atomic mass is 10.2. The number of halogens is 3. The summed E-state index contributed by atoms with van der Waals surface area (Å²) in [6, 6.07) is 8.70. The third kappa shape index (κ3) is 2.55. The Kier molecular flexibility index (Phi) is 3.28. The Bertz CT molecular complexity index is 560. The van der Waals surface area contributed by atoms with Crippen LogP contribution in [-0.2, 0) is 0 Å². The molecule has 0 unspecified atom stereocenters. The van der Waals surface area contributed by atoms with E-state index in [0.29, 0.717) is 16.3 Å². The predicted molar refractivity (Wildman–Crippen MR) is 65.0 cm³/mol. The second-order valence-electron chi connectivity index (χ2n) is 3.33. The average Bonchev–Trinajstić information content (AvgIpc) is 2.28. The molecule has 0 spiro atoms. The summed E-state index contributed by atoms with van der Waals surface area (Å²) in [6.45, 7) is 0. The number of benzene rings is 2. The monoisotopic (exact) mass is 299 g/mol. The number of anilines is 1. The summed E-state index contributed by atoms with van der Waals surface area (Å²) >= 11 is 3.26. The molecule has 0 aliphatic carbocycles. The molecule has 2 N–H and O–H groups in total. The van der Waals surface area contributed by atoms with Gasteiger partial charge in [-0.3, -0.25) is 0 Å². The summed E-state index contributed by atoms with van der Waals surface area (Å²) in [5, 5.41) is 0. The summed E-state index contributed by atoms with van der Waals surface area (Å²) in [5.41, 5.74) is 5.25. The summed E-state index contributed by atoms with van der Waals surface area (Å²) in [4.78, 5) is 0. The van der Waals surface area contributed by atoms with Crippen LogP contribution in [-0.4, -0.2) is 0 Å². The lowest BCUT2D eigenvalue weighted by molar-refractivity contribution is 0.469. The third-order valence-electron chi connectivity index (χ3n) is 2.11. The fourth-order valence-corrected chi connectivity index (χ4v) is 1.66. The van der Waals surface area contributed by atoms with Crippen LogP contribution in [0, 0.1) is 11.6 Å². The Morgan fingerprint density at radius 1 is 1.06 bits per heavy atom. The zero-order valence-corrected chi connectivity index (χ0v) is 10.2. The molecule has 0 aromatic heterocycles. The third-order valence-corrected chi connectivity index (χ3v) is 2.77. The molecule has 88 valence electrons. The Labute approximate surface area is 105 Å². The van der Waals surface area contributed by atoms with Gasteiger partial charge in [0.25, 0.3) is 0 Å². The Hall–Kier alpha value is -1.62. The van der Waals surface area contributed by atoms with Crippen LogP contribution in [0.1, 0.15) is 0 Å². The van der Waals surface area contributed by atoms with Gasteiger partial charge in [-0.2, -0.15) is 0 Å². The number of hydrogen-bond donors (Lipinski definition) is 1. The van der Waals surface area contributed by atoms with E-state index in [1.165, 1.54) is 0 Å². The fraction of sp³-hybridized carbons (Fsp3) is 0. The molecule has 0 atom stereocenters. The first-order valence-electron chi connectivity index (χ1n) is 4.75. The van der Waals surface area contributed by atoms with E-state index in [1.54, 1.807) is 24.3 Å². The van der Waals surface area contributed by atoms with Crippen LogP contribution in [0.4, 0.5) is 14.5 Å². The number of para-hydroxylation sites is 1.